The van der Waals surface area contributed by atoms with Crippen LogP contribution in [0.5, 0.6) is 0 Å². The fraction of sp³-hybridized carbons (Fsp3) is 0.207. The minimum atomic E-state index is -0.413. The Hall–Kier alpha value is -4.30. The van der Waals surface area contributed by atoms with Crippen LogP contribution in [0.15, 0.2) is 72.8 Å². The molecule has 9 heteroatoms. The van der Waals surface area contributed by atoms with Gasteiger partial charge in [0, 0.05) is 17.5 Å². The molecule has 5 aromatic rings. The molecule has 8 nitrogen and oxygen atoms in total. The predicted octanol–water partition coefficient (Wildman–Crippen LogP) is 6.09. The Kier molecular flexibility index (Phi) is 7.60. The monoisotopic (exact) mass is 526 g/mol. The lowest BCUT2D eigenvalue weighted by atomic mass is 9.95. The summed E-state index contributed by atoms with van der Waals surface area (Å²) in [6.07, 6.45) is 2.15. The summed E-state index contributed by atoms with van der Waals surface area (Å²) in [5, 5.41) is 19.7. The zero-order chi connectivity index (χ0) is 26.5. The molecule has 0 unspecified atom stereocenters. The maximum Gasteiger partial charge on any atom is 0.357 e. The summed E-state index contributed by atoms with van der Waals surface area (Å²) in [5.41, 5.74) is 6.80. The molecule has 2 heterocycles. The molecule has 0 fully saturated rings. The van der Waals surface area contributed by atoms with Crippen molar-refractivity contribution in [1.29, 1.82) is 0 Å². The molecule has 5 rings (SSSR count). The third-order valence-corrected chi connectivity index (χ3v) is 6.60. The molecule has 0 amide bonds. The van der Waals surface area contributed by atoms with E-state index >= 15 is 0 Å². The van der Waals surface area contributed by atoms with Gasteiger partial charge in [-0.25, -0.2) is 14.6 Å². The molecule has 0 atom stereocenters. The minimum absolute atomic E-state index is 0.268. The van der Waals surface area contributed by atoms with Crippen molar-refractivity contribution >= 4 is 17.6 Å². The Morgan fingerprint density at radius 3 is 2.39 bits per heavy atom. The van der Waals surface area contributed by atoms with E-state index in [1.165, 1.54) is 0 Å². The molecule has 2 aromatic heterocycles. The van der Waals surface area contributed by atoms with E-state index in [-0.39, 0.29) is 6.61 Å². The topological polar surface area (TPSA) is 98.6 Å². The quantitative estimate of drug-likeness (QED) is 0.233. The zero-order valence-corrected chi connectivity index (χ0v) is 21.9. The number of aromatic nitrogens is 6. The lowest BCUT2D eigenvalue weighted by Crippen LogP contribution is -2.14. The summed E-state index contributed by atoms with van der Waals surface area (Å²) < 4.78 is 7.10. The van der Waals surface area contributed by atoms with Crippen molar-refractivity contribution in [3.63, 3.8) is 0 Å². The molecule has 0 aliphatic rings. The Balaban J connectivity index is 1.54. The van der Waals surface area contributed by atoms with E-state index < -0.39 is 5.97 Å². The van der Waals surface area contributed by atoms with E-state index in [4.69, 9.17) is 21.4 Å². The number of carbonyl (C=O) groups excluding carboxylic acids is 1. The fourth-order valence-electron chi connectivity index (χ4n) is 4.55. The van der Waals surface area contributed by atoms with Crippen molar-refractivity contribution in [2.24, 2.45) is 0 Å². The Labute approximate surface area is 225 Å². The highest BCUT2D eigenvalue weighted by Gasteiger charge is 2.26. The first kappa shape index (κ1) is 25.4. The van der Waals surface area contributed by atoms with Crippen LogP contribution in [0.4, 0.5) is 0 Å². The normalized spacial score (nSPS) is 11.0. The van der Waals surface area contributed by atoms with Crippen molar-refractivity contribution < 1.29 is 9.53 Å². The lowest BCUT2D eigenvalue weighted by Gasteiger charge is -2.11. The second-order valence-electron chi connectivity index (χ2n) is 8.78. The third-order valence-electron chi connectivity index (χ3n) is 6.28. The third kappa shape index (κ3) is 5.08. The van der Waals surface area contributed by atoms with E-state index in [0.717, 1.165) is 46.4 Å². The van der Waals surface area contributed by atoms with E-state index in [9.17, 15) is 4.79 Å². The van der Waals surface area contributed by atoms with E-state index in [0.29, 0.717) is 28.6 Å². The smallest absolute Gasteiger partial charge is 0.357 e. The average Bonchev–Trinajstić information content (AvgIpc) is 3.59. The first-order valence-corrected chi connectivity index (χ1v) is 12.9. The van der Waals surface area contributed by atoms with Gasteiger partial charge in [-0.05, 0) is 52.6 Å². The van der Waals surface area contributed by atoms with Crippen LogP contribution >= 0.6 is 11.6 Å². The average molecular weight is 527 g/mol. The number of nitrogens with one attached hydrogen (secondary N) is 1. The summed E-state index contributed by atoms with van der Waals surface area (Å²) in [5.74, 6) is 0.198. The number of ether oxygens (including phenoxy) is 1. The first-order valence-electron chi connectivity index (χ1n) is 12.6. The molecule has 0 bridgehead atoms. The maximum atomic E-state index is 13.2. The highest BCUT2D eigenvalue weighted by Crippen LogP contribution is 2.31. The number of benzene rings is 3. The number of rotatable bonds is 9. The highest BCUT2D eigenvalue weighted by atomic mass is 35.5. The maximum absolute atomic E-state index is 13.2. The van der Waals surface area contributed by atoms with Crippen LogP contribution < -0.4 is 0 Å². The molecule has 0 saturated carbocycles. The number of hydrogen-bond acceptors (Lipinski definition) is 6. The van der Waals surface area contributed by atoms with Crippen molar-refractivity contribution in [2.45, 2.75) is 33.1 Å². The van der Waals surface area contributed by atoms with E-state index in [1.807, 2.05) is 42.5 Å². The van der Waals surface area contributed by atoms with Crippen molar-refractivity contribution in [2.75, 3.05) is 6.61 Å². The first-order chi connectivity index (χ1) is 18.6. The number of H-pyrrole nitrogens is 1. The van der Waals surface area contributed by atoms with Gasteiger partial charge < -0.3 is 4.74 Å². The largest absolute Gasteiger partial charge is 0.461 e. The van der Waals surface area contributed by atoms with Crippen LogP contribution in [0.1, 0.15) is 47.6 Å². The molecule has 0 radical (unpaired) electrons. The van der Waals surface area contributed by atoms with Gasteiger partial charge in [0.05, 0.1) is 23.0 Å². The van der Waals surface area contributed by atoms with Crippen molar-refractivity contribution in [3.05, 3.63) is 100 Å². The molecule has 192 valence electrons. The lowest BCUT2D eigenvalue weighted by molar-refractivity contribution is 0.0514. The number of halogens is 1. The molecule has 3 aromatic carbocycles. The summed E-state index contributed by atoms with van der Waals surface area (Å²) in [6, 6.07) is 23.6. The molecule has 38 heavy (non-hydrogen) atoms. The number of hydrogen-bond donors (Lipinski definition) is 1. The fourth-order valence-corrected chi connectivity index (χ4v) is 4.76. The molecular formula is C29H27ClN6O2. The van der Waals surface area contributed by atoms with Crippen molar-refractivity contribution in [3.8, 4) is 28.2 Å². The zero-order valence-electron chi connectivity index (χ0n) is 21.2. The number of esters is 1. The number of tetrazole rings is 1. The molecule has 0 aliphatic heterocycles. The van der Waals surface area contributed by atoms with Gasteiger partial charge >= 0.3 is 5.97 Å². The SMILES string of the molecule is CCCc1nn(-c2ccccc2Cl)c(C(=O)OCC)c1Cc1ccc(-c2ccccc2-c2nnn[nH]2)cc1. The summed E-state index contributed by atoms with van der Waals surface area (Å²) in [4.78, 5) is 13.2. The number of aromatic amines is 1. The van der Waals surface area contributed by atoms with Crippen LogP contribution in [0, 0.1) is 0 Å². The molecule has 0 spiro atoms. The second kappa shape index (κ2) is 11.4. The Morgan fingerprint density at radius 1 is 0.974 bits per heavy atom. The van der Waals surface area contributed by atoms with Gasteiger partial charge in [-0.2, -0.15) is 5.10 Å². The number of aryl methyl sites for hydroxylation is 1. The molecule has 0 saturated heterocycles. The van der Waals surface area contributed by atoms with Gasteiger partial charge in [0.15, 0.2) is 11.5 Å². The number of nitrogens with zero attached hydrogens (tertiary/aromatic N) is 5. The summed E-state index contributed by atoms with van der Waals surface area (Å²) >= 11 is 6.51. The van der Waals surface area contributed by atoms with Gasteiger partial charge in [0.25, 0.3) is 0 Å². The Bertz CT molecular complexity index is 1540. The highest BCUT2D eigenvalue weighted by molar-refractivity contribution is 6.32. The molecular weight excluding hydrogens is 500 g/mol. The van der Waals surface area contributed by atoms with Gasteiger partial charge in [0.2, 0.25) is 0 Å². The van der Waals surface area contributed by atoms with Gasteiger partial charge in [-0.1, -0.05) is 85.6 Å². The van der Waals surface area contributed by atoms with E-state index in [1.54, 1.807) is 17.7 Å². The van der Waals surface area contributed by atoms with Crippen LogP contribution in [0.2, 0.25) is 5.02 Å². The number of para-hydroxylation sites is 1. The van der Waals surface area contributed by atoms with Crippen LogP contribution in [-0.4, -0.2) is 43.0 Å². The number of carbonyl (C=O) groups is 1. The summed E-state index contributed by atoms with van der Waals surface area (Å²) in [6.45, 7) is 4.16. The Morgan fingerprint density at radius 2 is 1.71 bits per heavy atom. The van der Waals surface area contributed by atoms with Gasteiger partial charge in [-0.3, -0.25) is 0 Å². The van der Waals surface area contributed by atoms with Crippen LogP contribution in [-0.2, 0) is 17.6 Å². The van der Waals surface area contributed by atoms with Gasteiger partial charge in [-0.15, -0.1) is 5.10 Å². The van der Waals surface area contributed by atoms with Crippen LogP contribution in [0.3, 0.4) is 0 Å². The van der Waals surface area contributed by atoms with E-state index in [2.05, 4.69) is 51.8 Å². The summed E-state index contributed by atoms with van der Waals surface area (Å²) in [7, 11) is 0. The standard InChI is InChI=1S/C29H27ClN6O2/c1-3-9-25-23(27(29(37)38-4-2)36(33-25)26-13-8-7-12-24(26)30)18-19-14-16-20(17-15-19)21-10-5-6-11-22(21)28-31-34-35-32-28/h5-8,10-17H,3-4,9,18H2,1-2H3,(H,31,32,34,35). The molecule has 0 aliphatic carbocycles. The second-order valence-corrected chi connectivity index (χ2v) is 9.18. The predicted molar refractivity (Wildman–Crippen MR) is 146 cm³/mol. The van der Waals surface area contributed by atoms with Crippen molar-refractivity contribution in [1.82, 2.24) is 30.4 Å². The minimum Gasteiger partial charge on any atom is -0.461 e. The van der Waals surface area contributed by atoms with Crippen LogP contribution in [0.25, 0.3) is 28.2 Å². The van der Waals surface area contributed by atoms with Gasteiger partial charge in [0.1, 0.15) is 0 Å². The molecule has 1 N–H and O–H groups in total.